The van der Waals surface area contributed by atoms with Crippen LogP contribution in [0.1, 0.15) is 40.2 Å². The predicted molar refractivity (Wildman–Crippen MR) is 136 cm³/mol. The lowest BCUT2D eigenvalue weighted by atomic mass is 9.97. The van der Waals surface area contributed by atoms with Crippen molar-refractivity contribution in [1.29, 1.82) is 0 Å². The number of alkyl halides is 2. The zero-order valence-electron chi connectivity index (χ0n) is 20.1. The van der Waals surface area contributed by atoms with Crippen LogP contribution < -0.4 is 10.0 Å². The molecule has 0 bridgehead atoms. The SMILES string of the molecule is COC(=O)C(Cc1ccccc1)C(=O)NC(Cc1ccc(NS(=O)(=O)O)cc1)c1nc(C2CC2(F)F)cs1. The number of ether oxygens (including phenoxy) is 1. The number of anilines is 1. The number of rotatable bonds is 11. The highest BCUT2D eigenvalue weighted by molar-refractivity contribution is 7.87. The second-order valence-electron chi connectivity index (χ2n) is 8.93. The van der Waals surface area contributed by atoms with Crippen molar-refractivity contribution in [3.05, 3.63) is 81.8 Å². The van der Waals surface area contributed by atoms with Crippen LogP contribution in [0.2, 0.25) is 0 Å². The third-order valence-electron chi connectivity index (χ3n) is 6.06. The summed E-state index contributed by atoms with van der Waals surface area (Å²) in [6.45, 7) is 0. The van der Waals surface area contributed by atoms with Crippen LogP contribution in [-0.4, -0.2) is 42.9 Å². The van der Waals surface area contributed by atoms with Gasteiger partial charge in [-0.15, -0.1) is 11.3 Å². The summed E-state index contributed by atoms with van der Waals surface area (Å²) in [4.78, 5) is 30.2. The van der Waals surface area contributed by atoms with Crippen LogP contribution in [0.4, 0.5) is 14.5 Å². The third-order valence-corrected chi connectivity index (χ3v) is 7.53. The van der Waals surface area contributed by atoms with E-state index in [1.165, 1.54) is 19.2 Å². The molecule has 3 atom stereocenters. The van der Waals surface area contributed by atoms with E-state index >= 15 is 0 Å². The second-order valence-corrected chi connectivity index (χ2v) is 11.0. The fourth-order valence-corrected chi connectivity index (χ4v) is 5.35. The third kappa shape index (κ3) is 7.11. The summed E-state index contributed by atoms with van der Waals surface area (Å²) < 4.78 is 65.1. The Morgan fingerprint density at radius 3 is 2.34 bits per heavy atom. The molecule has 3 unspecified atom stereocenters. The number of esters is 1. The summed E-state index contributed by atoms with van der Waals surface area (Å²) in [5, 5.41) is 4.76. The highest BCUT2D eigenvalue weighted by Crippen LogP contribution is 2.55. The summed E-state index contributed by atoms with van der Waals surface area (Å²) in [5.41, 5.74) is 1.78. The van der Waals surface area contributed by atoms with E-state index in [0.717, 1.165) is 16.9 Å². The van der Waals surface area contributed by atoms with Crippen molar-refractivity contribution in [1.82, 2.24) is 10.3 Å². The van der Waals surface area contributed by atoms with Gasteiger partial charge in [-0.3, -0.25) is 18.9 Å². The molecule has 1 aromatic heterocycles. The number of methoxy groups -OCH3 is 1. The highest BCUT2D eigenvalue weighted by Gasteiger charge is 2.58. The number of thiazole rings is 1. The lowest BCUT2D eigenvalue weighted by molar-refractivity contribution is -0.150. The van der Waals surface area contributed by atoms with Gasteiger partial charge < -0.3 is 10.1 Å². The first kappa shape index (κ1) is 27.6. The van der Waals surface area contributed by atoms with Crippen molar-refractivity contribution in [2.24, 2.45) is 5.92 Å². The fraction of sp³-hybridized carbons (Fsp3) is 0.320. The monoisotopic (exact) mass is 565 g/mol. The molecule has 3 aromatic rings. The Bertz CT molecular complexity index is 1400. The molecule has 9 nitrogen and oxygen atoms in total. The normalized spacial score (nSPS) is 17.7. The van der Waals surface area contributed by atoms with Gasteiger partial charge in [0.05, 0.1) is 30.5 Å². The molecule has 38 heavy (non-hydrogen) atoms. The minimum Gasteiger partial charge on any atom is -0.468 e. The molecule has 1 fully saturated rings. The molecule has 1 aliphatic rings. The van der Waals surface area contributed by atoms with Gasteiger partial charge in [-0.1, -0.05) is 42.5 Å². The molecule has 2 aromatic carbocycles. The van der Waals surface area contributed by atoms with E-state index in [-0.39, 0.29) is 30.6 Å². The van der Waals surface area contributed by atoms with E-state index in [0.29, 0.717) is 10.6 Å². The zero-order chi connectivity index (χ0) is 27.5. The molecule has 0 aliphatic heterocycles. The molecule has 1 saturated carbocycles. The van der Waals surface area contributed by atoms with Crippen molar-refractivity contribution in [3.8, 4) is 0 Å². The van der Waals surface area contributed by atoms with Crippen LogP contribution >= 0.6 is 11.3 Å². The number of benzene rings is 2. The standard InChI is InChI=1S/C25H25F2N3O6S2/c1-36-24(32)18(11-15-5-3-2-4-6-15)22(31)28-20(23-29-21(14-37-23)19-13-25(19,26)27)12-16-7-9-17(10-8-16)30-38(33,34)35/h2-10,14,18-20,30H,11-13H2,1H3,(H,28,31)(H,33,34,35). The first-order valence-corrected chi connectivity index (χ1v) is 13.9. The summed E-state index contributed by atoms with van der Waals surface area (Å²) in [6.07, 6.45) is -0.0124. The summed E-state index contributed by atoms with van der Waals surface area (Å²) in [7, 11) is -3.26. The van der Waals surface area contributed by atoms with E-state index in [1.54, 1.807) is 41.8 Å². The van der Waals surface area contributed by atoms with Gasteiger partial charge in [0.15, 0.2) is 0 Å². The van der Waals surface area contributed by atoms with E-state index in [9.17, 15) is 26.8 Å². The number of carbonyl (C=O) groups excluding carboxylic acids is 2. The first-order chi connectivity index (χ1) is 17.9. The van der Waals surface area contributed by atoms with Gasteiger partial charge in [0.2, 0.25) is 5.91 Å². The zero-order valence-corrected chi connectivity index (χ0v) is 21.8. The number of halogens is 2. The van der Waals surface area contributed by atoms with Gasteiger partial charge in [-0.2, -0.15) is 8.42 Å². The number of amides is 1. The van der Waals surface area contributed by atoms with Gasteiger partial charge in [-0.05, 0) is 36.1 Å². The Hall–Kier alpha value is -3.42. The molecular weight excluding hydrogens is 540 g/mol. The molecule has 13 heteroatoms. The number of carbonyl (C=O) groups is 2. The average Bonchev–Trinajstić information content (AvgIpc) is 3.25. The Kier molecular flexibility index (Phi) is 8.09. The van der Waals surface area contributed by atoms with Crippen LogP contribution in [0.3, 0.4) is 0 Å². The molecule has 202 valence electrons. The van der Waals surface area contributed by atoms with Gasteiger partial charge in [0, 0.05) is 11.8 Å². The van der Waals surface area contributed by atoms with E-state index in [2.05, 4.69) is 10.3 Å². The number of hydrogen-bond donors (Lipinski definition) is 3. The van der Waals surface area contributed by atoms with Crippen LogP contribution in [0, 0.1) is 5.92 Å². The van der Waals surface area contributed by atoms with E-state index in [4.69, 9.17) is 9.29 Å². The predicted octanol–water partition coefficient (Wildman–Crippen LogP) is 3.91. The molecule has 0 spiro atoms. The number of hydrogen-bond acceptors (Lipinski definition) is 7. The Balaban J connectivity index is 1.57. The quantitative estimate of drug-likeness (QED) is 0.182. The van der Waals surface area contributed by atoms with Crippen LogP contribution in [0.5, 0.6) is 0 Å². The Morgan fingerprint density at radius 1 is 1.13 bits per heavy atom. The minimum atomic E-state index is -4.45. The maximum Gasteiger partial charge on any atom is 0.357 e. The average molecular weight is 566 g/mol. The Morgan fingerprint density at radius 2 is 1.76 bits per heavy atom. The summed E-state index contributed by atoms with van der Waals surface area (Å²) in [5.74, 6) is -6.24. The molecule has 3 N–H and O–H groups in total. The van der Waals surface area contributed by atoms with Gasteiger partial charge >= 0.3 is 16.3 Å². The lowest BCUT2D eigenvalue weighted by Crippen LogP contribution is -2.40. The van der Waals surface area contributed by atoms with E-state index < -0.39 is 46.0 Å². The fourth-order valence-electron chi connectivity index (χ4n) is 4.00. The van der Waals surface area contributed by atoms with Gasteiger partial charge in [0.25, 0.3) is 5.92 Å². The van der Waals surface area contributed by atoms with Crippen molar-refractivity contribution in [2.45, 2.75) is 37.1 Å². The van der Waals surface area contributed by atoms with Gasteiger partial charge in [0.1, 0.15) is 10.9 Å². The maximum atomic E-state index is 13.6. The van der Waals surface area contributed by atoms with Crippen LogP contribution in [-0.2, 0) is 37.5 Å². The molecule has 0 saturated heterocycles. The highest BCUT2D eigenvalue weighted by atomic mass is 32.2. The topological polar surface area (TPSA) is 135 Å². The van der Waals surface area contributed by atoms with Gasteiger partial charge in [-0.25, -0.2) is 13.8 Å². The van der Waals surface area contributed by atoms with Crippen molar-refractivity contribution < 1.29 is 36.1 Å². The largest absolute Gasteiger partial charge is 0.468 e. The molecule has 1 amide bonds. The molecule has 4 rings (SSSR count). The minimum absolute atomic E-state index is 0.0967. The van der Waals surface area contributed by atoms with Crippen molar-refractivity contribution in [3.63, 3.8) is 0 Å². The molecular formula is C25H25F2N3O6S2. The molecule has 1 aliphatic carbocycles. The molecule has 0 radical (unpaired) electrons. The summed E-state index contributed by atoms with van der Waals surface area (Å²) in [6, 6.07) is 14.2. The van der Waals surface area contributed by atoms with Crippen LogP contribution in [0.25, 0.3) is 0 Å². The number of nitrogens with zero attached hydrogens (tertiary/aromatic N) is 1. The lowest BCUT2D eigenvalue weighted by Gasteiger charge is -2.21. The number of nitrogens with one attached hydrogen (secondary N) is 2. The van der Waals surface area contributed by atoms with Crippen molar-refractivity contribution in [2.75, 3.05) is 11.8 Å². The summed E-state index contributed by atoms with van der Waals surface area (Å²) >= 11 is 1.13. The van der Waals surface area contributed by atoms with Crippen molar-refractivity contribution >= 4 is 39.2 Å². The molecule has 1 heterocycles. The van der Waals surface area contributed by atoms with E-state index in [1.807, 2.05) is 10.8 Å². The number of aromatic nitrogens is 1. The smallest absolute Gasteiger partial charge is 0.357 e. The second kappa shape index (κ2) is 11.1. The Labute approximate surface area is 222 Å². The van der Waals surface area contributed by atoms with Crippen LogP contribution in [0.15, 0.2) is 60.0 Å². The maximum absolute atomic E-state index is 13.6. The first-order valence-electron chi connectivity index (χ1n) is 11.5.